The molecule has 4 nitrogen and oxygen atoms in total. The third-order valence-corrected chi connectivity index (χ3v) is 3.19. The van der Waals surface area contributed by atoms with Crippen molar-refractivity contribution in [2.45, 2.75) is 0 Å². The van der Waals surface area contributed by atoms with E-state index in [1.807, 2.05) is 5.32 Å². The SMILES string of the molecule is O=C(COC(=O)/C=C/c1ccc(Cl)cc1)Nc1ccc(F)c(F)c1F. The van der Waals surface area contributed by atoms with Crippen LogP contribution in [0.15, 0.2) is 42.5 Å². The van der Waals surface area contributed by atoms with Crippen molar-refractivity contribution in [3.05, 3.63) is 70.5 Å². The van der Waals surface area contributed by atoms with E-state index in [1.165, 1.54) is 6.08 Å². The lowest BCUT2D eigenvalue weighted by atomic mass is 10.2. The van der Waals surface area contributed by atoms with Crippen LogP contribution in [-0.4, -0.2) is 18.5 Å². The van der Waals surface area contributed by atoms with Crippen LogP contribution in [0.25, 0.3) is 6.08 Å². The molecule has 0 atom stereocenters. The molecule has 25 heavy (non-hydrogen) atoms. The second-order valence-electron chi connectivity index (χ2n) is 4.76. The molecule has 0 unspecified atom stereocenters. The highest BCUT2D eigenvalue weighted by atomic mass is 35.5. The first-order valence-electron chi connectivity index (χ1n) is 6.90. The molecular weight excluding hydrogens is 359 g/mol. The van der Waals surface area contributed by atoms with Gasteiger partial charge in [-0.05, 0) is 35.9 Å². The highest BCUT2D eigenvalue weighted by molar-refractivity contribution is 6.30. The number of anilines is 1. The van der Waals surface area contributed by atoms with Gasteiger partial charge in [0.05, 0.1) is 5.69 Å². The minimum Gasteiger partial charge on any atom is -0.452 e. The number of benzene rings is 2. The van der Waals surface area contributed by atoms with Crippen LogP contribution >= 0.6 is 11.6 Å². The first kappa shape index (κ1) is 18.5. The van der Waals surface area contributed by atoms with Gasteiger partial charge < -0.3 is 10.1 Å². The Morgan fingerprint density at radius 3 is 2.40 bits per heavy atom. The summed E-state index contributed by atoms with van der Waals surface area (Å²) in [5, 5.41) is 2.52. The summed E-state index contributed by atoms with van der Waals surface area (Å²) in [4.78, 5) is 23.1. The van der Waals surface area contributed by atoms with E-state index >= 15 is 0 Å². The first-order valence-corrected chi connectivity index (χ1v) is 7.28. The topological polar surface area (TPSA) is 55.4 Å². The number of carbonyl (C=O) groups is 2. The van der Waals surface area contributed by atoms with Crippen LogP contribution in [-0.2, 0) is 14.3 Å². The highest BCUT2D eigenvalue weighted by Gasteiger charge is 2.15. The van der Waals surface area contributed by atoms with Crippen molar-refractivity contribution in [1.82, 2.24) is 0 Å². The number of hydrogen-bond donors (Lipinski definition) is 1. The molecular formula is C17H11ClF3NO3. The molecule has 0 heterocycles. The maximum atomic E-state index is 13.4. The molecule has 0 aromatic heterocycles. The normalized spacial score (nSPS) is 10.7. The molecule has 0 saturated carbocycles. The summed E-state index contributed by atoms with van der Waals surface area (Å²) in [6.07, 6.45) is 2.54. The lowest BCUT2D eigenvalue weighted by molar-refractivity contribution is -0.142. The Balaban J connectivity index is 1.86. The van der Waals surface area contributed by atoms with Crippen LogP contribution in [0.3, 0.4) is 0 Å². The summed E-state index contributed by atoms with van der Waals surface area (Å²) in [7, 11) is 0. The average Bonchev–Trinajstić information content (AvgIpc) is 2.60. The monoisotopic (exact) mass is 369 g/mol. The van der Waals surface area contributed by atoms with E-state index < -0.39 is 41.6 Å². The standard InChI is InChI=1S/C17H11ClF3NO3/c18-11-4-1-10(2-5-11)3-8-15(24)25-9-14(23)22-13-7-6-12(19)16(20)17(13)21/h1-8H,9H2,(H,22,23)/b8-3+. The molecule has 1 N–H and O–H groups in total. The Hall–Kier alpha value is -2.80. The number of rotatable bonds is 5. The zero-order valence-electron chi connectivity index (χ0n) is 12.6. The third-order valence-electron chi connectivity index (χ3n) is 2.94. The zero-order chi connectivity index (χ0) is 18.4. The van der Waals surface area contributed by atoms with Gasteiger partial charge in [0.25, 0.3) is 5.91 Å². The number of amides is 1. The van der Waals surface area contributed by atoms with Gasteiger partial charge in [0.2, 0.25) is 0 Å². The highest BCUT2D eigenvalue weighted by Crippen LogP contribution is 2.19. The van der Waals surface area contributed by atoms with Crippen molar-refractivity contribution in [2.75, 3.05) is 11.9 Å². The van der Waals surface area contributed by atoms with Crippen molar-refractivity contribution in [3.63, 3.8) is 0 Å². The van der Waals surface area contributed by atoms with Crippen LogP contribution in [0.1, 0.15) is 5.56 Å². The van der Waals surface area contributed by atoms with Crippen LogP contribution in [0.2, 0.25) is 5.02 Å². The summed E-state index contributed by atoms with van der Waals surface area (Å²) in [6.45, 7) is -0.720. The van der Waals surface area contributed by atoms with Crippen LogP contribution in [0.5, 0.6) is 0 Å². The maximum absolute atomic E-state index is 13.4. The fourth-order valence-electron chi connectivity index (χ4n) is 1.73. The van der Waals surface area contributed by atoms with Crippen molar-refractivity contribution in [3.8, 4) is 0 Å². The number of halogens is 4. The van der Waals surface area contributed by atoms with Crippen molar-refractivity contribution in [2.24, 2.45) is 0 Å². The summed E-state index contributed by atoms with van der Waals surface area (Å²) in [5.41, 5.74) is 0.131. The predicted octanol–water partition coefficient (Wildman–Crippen LogP) is 3.95. The Bertz CT molecular complexity index is 823. The molecule has 130 valence electrons. The summed E-state index contributed by atoms with van der Waals surface area (Å²) >= 11 is 5.72. The summed E-state index contributed by atoms with van der Waals surface area (Å²) in [5.74, 6) is -6.34. The quantitative estimate of drug-likeness (QED) is 0.493. The van der Waals surface area contributed by atoms with Gasteiger partial charge in [0.15, 0.2) is 24.1 Å². The molecule has 0 saturated heterocycles. The van der Waals surface area contributed by atoms with E-state index in [1.54, 1.807) is 24.3 Å². The largest absolute Gasteiger partial charge is 0.452 e. The molecule has 0 aliphatic heterocycles. The smallest absolute Gasteiger partial charge is 0.331 e. The predicted molar refractivity (Wildman–Crippen MR) is 86.4 cm³/mol. The van der Waals surface area contributed by atoms with Crippen molar-refractivity contribution in [1.29, 1.82) is 0 Å². The van der Waals surface area contributed by atoms with Crippen LogP contribution in [0, 0.1) is 17.5 Å². The van der Waals surface area contributed by atoms with Gasteiger partial charge in [-0.2, -0.15) is 0 Å². The third kappa shape index (κ3) is 5.36. The van der Waals surface area contributed by atoms with Crippen LogP contribution in [0.4, 0.5) is 18.9 Å². The molecule has 1 amide bonds. The fourth-order valence-corrected chi connectivity index (χ4v) is 1.86. The number of ether oxygens (including phenoxy) is 1. The minimum absolute atomic E-state index is 0.542. The van der Waals surface area contributed by atoms with E-state index in [0.29, 0.717) is 16.7 Å². The molecule has 0 aliphatic rings. The van der Waals surface area contributed by atoms with E-state index in [2.05, 4.69) is 4.74 Å². The molecule has 0 bridgehead atoms. The zero-order valence-corrected chi connectivity index (χ0v) is 13.3. The van der Waals surface area contributed by atoms with Crippen LogP contribution < -0.4 is 5.32 Å². The average molecular weight is 370 g/mol. The Labute approximate surface area is 145 Å². The van der Waals surface area contributed by atoms with E-state index in [9.17, 15) is 22.8 Å². The second-order valence-corrected chi connectivity index (χ2v) is 5.20. The molecule has 0 aliphatic carbocycles. The molecule has 0 fully saturated rings. The number of esters is 1. The number of carbonyl (C=O) groups excluding carboxylic acids is 2. The Morgan fingerprint density at radius 2 is 1.72 bits per heavy atom. The van der Waals surface area contributed by atoms with Crippen molar-refractivity contribution < 1.29 is 27.5 Å². The van der Waals surface area contributed by atoms with Gasteiger partial charge in [-0.3, -0.25) is 4.79 Å². The molecule has 0 spiro atoms. The van der Waals surface area contributed by atoms with Gasteiger partial charge in [-0.15, -0.1) is 0 Å². The lowest BCUT2D eigenvalue weighted by Gasteiger charge is -2.07. The fraction of sp³-hybridized carbons (Fsp3) is 0.0588. The van der Waals surface area contributed by atoms with Gasteiger partial charge in [-0.25, -0.2) is 18.0 Å². The summed E-state index contributed by atoms with van der Waals surface area (Å²) in [6, 6.07) is 8.13. The van der Waals surface area contributed by atoms with E-state index in [0.717, 1.165) is 12.1 Å². The number of nitrogens with one attached hydrogen (secondary N) is 1. The van der Waals surface area contributed by atoms with Gasteiger partial charge in [0, 0.05) is 11.1 Å². The Kier molecular flexibility index (Phi) is 6.19. The van der Waals surface area contributed by atoms with Gasteiger partial charge in [0.1, 0.15) is 0 Å². The molecule has 0 radical (unpaired) electrons. The van der Waals surface area contributed by atoms with Crippen molar-refractivity contribution >= 4 is 35.2 Å². The second kappa shape index (κ2) is 8.34. The molecule has 2 aromatic rings. The summed E-state index contributed by atoms with van der Waals surface area (Å²) < 4.78 is 43.9. The van der Waals surface area contributed by atoms with E-state index in [-0.39, 0.29) is 0 Å². The minimum atomic E-state index is -1.71. The van der Waals surface area contributed by atoms with Gasteiger partial charge >= 0.3 is 5.97 Å². The molecule has 8 heteroatoms. The Morgan fingerprint density at radius 1 is 1.04 bits per heavy atom. The molecule has 2 rings (SSSR count). The maximum Gasteiger partial charge on any atom is 0.331 e. The van der Waals surface area contributed by atoms with Gasteiger partial charge in [-0.1, -0.05) is 23.7 Å². The number of hydrogen-bond acceptors (Lipinski definition) is 3. The van der Waals surface area contributed by atoms with E-state index in [4.69, 9.17) is 11.6 Å². The lowest BCUT2D eigenvalue weighted by Crippen LogP contribution is -2.21. The first-order chi connectivity index (χ1) is 11.9. The molecule has 2 aromatic carbocycles.